The summed E-state index contributed by atoms with van der Waals surface area (Å²) in [5, 5.41) is 2.67. The Morgan fingerprint density at radius 1 is 1.26 bits per heavy atom. The van der Waals surface area contributed by atoms with Crippen molar-refractivity contribution in [3.05, 3.63) is 47.7 Å². The summed E-state index contributed by atoms with van der Waals surface area (Å²) < 4.78 is 5.40. The molecule has 19 heavy (non-hydrogen) atoms. The standard InChI is InChI=1S/C14H13N3O2/c15-14(18)17-13-11-8-19-7-10(11)6-16-12(13)9-4-2-1-3-5-9/h1-6H,7-8H2,(H3,15,17,18). The highest BCUT2D eigenvalue weighted by molar-refractivity contribution is 5.94. The van der Waals surface area contributed by atoms with Crippen LogP contribution in [0, 0.1) is 0 Å². The van der Waals surface area contributed by atoms with Crippen LogP contribution in [-0.2, 0) is 18.0 Å². The van der Waals surface area contributed by atoms with Crippen LogP contribution in [0.1, 0.15) is 11.1 Å². The van der Waals surface area contributed by atoms with Crippen molar-refractivity contribution in [3.63, 3.8) is 0 Å². The lowest BCUT2D eigenvalue weighted by Crippen LogP contribution is -2.21. The monoisotopic (exact) mass is 255 g/mol. The van der Waals surface area contributed by atoms with Gasteiger partial charge in [-0.05, 0) is 0 Å². The molecule has 3 rings (SSSR count). The Balaban J connectivity index is 2.16. The van der Waals surface area contributed by atoms with Gasteiger partial charge in [0.1, 0.15) is 0 Å². The Morgan fingerprint density at radius 3 is 2.79 bits per heavy atom. The van der Waals surface area contributed by atoms with E-state index in [0.29, 0.717) is 24.6 Å². The third-order valence-electron chi connectivity index (χ3n) is 3.08. The zero-order valence-electron chi connectivity index (χ0n) is 10.2. The maximum absolute atomic E-state index is 11.2. The van der Waals surface area contributed by atoms with Crippen LogP contribution in [0.15, 0.2) is 36.5 Å². The highest BCUT2D eigenvalue weighted by atomic mass is 16.5. The Hall–Kier alpha value is -2.40. The molecule has 1 aromatic heterocycles. The lowest BCUT2D eigenvalue weighted by atomic mass is 10.0. The number of benzene rings is 1. The molecule has 2 heterocycles. The number of primary amides is 1. The quantitative estimate of drug-likeness (QED) is 0.864. The number of nitrogens with zero attached hydrogens (tertiary/aromatic N) is 1. The second-order valence-corrected chi connectivity index (χ2v) is 4.33. The summed E-state index contributed by atoms with van der Waals surface area (Å²) in [6, 6.07) is 9.07. The molecule has 0 fully saturated rings. The van der Waals surface area contributed by atoms with E-state index < -0.39 is 6.03 Å². The molecule has 0 aliphatic carbocycles. The molecule has 0 bridgehead atoms. The van der Waals surface area contributed by atoms with Crippen molar-refractivity contribution in [2.75, 3.05) is 5.32 Å². The fourth-order valence-corrected chi connectivity index (χ4v) is 2.21. The van der Waals surface area contributed by atoms with E-state index in [1.54, 1.807) is 6.20 Å². The molecule has 1 aliphatic rings. The van der Waals surface area contributed by atoms with E-state index in [0.717, 1.165) is 16.7 Å². The molecule has 5 nitrogen and oxygen atoms in total. The zero-order chi connectivity index (χ0) is 13.2. The van der Waals surface area contributed by atoms with Gasteiger partial charge in [-0.2, -0.15) is 0 Å². The van der Waals surface area contributed by atoms with Crippen LogP contribution in [0.5, 0.6) is 0 Å². The highest BCUT2D eigenvalue weighted by Gasteiger charge is 2.21. The summed E-state index contributed by atoms with van der Waals surface area (Å²) >= 11 is 0. The molecule has 0 radical (unpaired) electrons. The minimum atomic E-state index is -0.598. The van der Waals surface area contributed by atoms with Gasteiger partial charge in [-0.15, -0.1) is 0 Å². The van der Waals surface area contributed by atoms with Gasteiger partial charge in [-0.25, -0.2) is 4.79 Å². The molecule has 96 valence electrons. The normalized spacial score (nSPS) is 13.1. The van der Waals surface area contributed by atoms with Crippen LogP contribution in [0.4, 0.5) is 10.5 Å². The van der Waals surface area contributed by atoms with Gasteiger partial charge in [0.05, 0.1) is 24.6 Å². The molecule has 1 aromatic carbocycles. The van der Waals surface area contributed by atoms with Crippen molar-refractivity contribution < 1.29 is 9.53 Å². The van der Waals surface area contributed by atoms with E-state index in [4.69, 9.17) is 10.5 Å². The first-order valence-electron chi connectivity index (χ1n) is 5.96. The van der Waals surface area contributed by atoms with E-state index in [2.05, 4.69) is 10.3 Å². The van der Waals surface area contributed by atoms with E-state index >= 15 is 0 Å². The summed E-state index contributed by atoms with van der Waals surface area (Å²) in [5.74, 6) is 0. The molecule has 2 amide bonds. The summed E-state index contributed by atoms with van der Waals surface area (Å²) in [6.45, 7) is 0.984. The largest absolute Gasteiger partial charge is 0.372 e. The average Bonchev–Trinajstić information content (AvgIpc) is 2.88. The van der Waals surface area contributed by atoms with Crippen LogP contribution >= 0.6 is 0 Å². The number of rotatable bonds is 2. The number of aromatic nitrogens is 1. The van der Waals surface area contributed by atoms with Crippen molar-refractivity contribution in [2.24, 2.45) is 5.73 Å². The maximum atomic E-state index is 11.2. The summed E-state index contributed by atoms with van der Waals surface area (Å²) in [6.07, 6.45) is 1.79. The van der Waals surface area contributed by atoms with Crippen molar-refractivity contribution in [1.82, 2.24) is 4.98 Å². The van der Waals surface area contributed by atoms with Crippen LogP contribution in [0.3, 0.4) is 0 Å². The van der Waals surface area contributed by atoms with Crippen LogP contribution in [0.2, 0.25) is 0 Å². The molecule has 0 unspecified atom stereocenters. The molecule has 2 aromatic rings. The second kappa shape index (κ2) is 4.70. The number of nitrogens with two attached hydrogens (primary N) is 1. The number of ether oxygens (including phenoxy) is 1. The fraction of sp³-hybridized carbons (Fsp3) is 0.143. The maximum Gasteiger partial charge on any atom is 0.316 e. The minimum Gasteiger partial charge on any atom is -0.372 e. The van der Waals surface area contributed by atoms with Gasteiger partial charge in [0.25, 0.3) is 0 Å². The van der Waals surface area contributed by atoms with Gasteiger partial charge in [-0.3, -0.25) is 4.98 Å². The van der Waals surface area contributed by atoms with Gasteiger partial charge < -0.3 is 15.8 Å². The SMILES string of the molecule is NC(=O)Nc1c(-c2ccccc2)ncc2c1COC2. The Labute approximate surface area is 110 Å². The van der Waals surface area contributed by atoms with Crippen molar-refractivity contribution >= 4 is 11.7 Å². The average molecular weight is 255 g/mol. The molecule has 0 saturated carbocycles. The molecule has 3 N–H and O–H groups in total. The predicted octanol–water partition coefficient (Wildman–Crippen LogP) is 2.27. The molecule has 5 heteroatoms. The number of anilines is 1. The topological polar surface area (TPSA) is 77.2 Å². The zero-order valence-corrected chi connectivity index (χ0v) is 10.2. The number of urea groups is 1. The first kappa shape index (κ1) is 11.7. The third kappa shape index (κ3) is 2.15. The second-order valence-electron chi connectivity index (χ2n) is 4.33. The molecule has 0 atom stereocenters. The number of pyridine rings is 1. The van der Waals surface area contributed by atoms with Gasteiger partial charge >= 0.3 is 6.03 Å². The van der Waals surface area contributed by atoms with Gasteiger partial charge in [-0.1, -0.05) is 30.3 Å². The Bertz CT molecular complexity index is 626. The van der Waals surface area contributed by atoms with Crippen LogP contribution < -0.4 is 11.1 Å². The summed E-state index contributed by atoms with van der Waals surface area (Å²) in [4.78, 5) is 15.6. The van der Waals surface area contributed by atoms with Gasteiger partial charge in [0.15, 0.2) is 0 Å². The molecular formula is C14H13N3O2. The molecule has 1 aliphatic heterocycles. The van der Waals surface area contributed by atoms with E-state index in [1.807, 2.05) is 30.3 Å². The van der Waals surface area contributed by atoms with Crippen molar-refractivity contribution in [1.29, 1.82) is 0 Å². The Kier molecular flexibility index (Phi) is 2.89. The van der Waals surface area contributed by atoms with Crippen molar-refractivity contribution in [2.45, 2.75) is 13.2 Å². The number of hydrogen-bond donors (Lipinski definition) is 2. The lowest BCUT2D eigenvalue weighted by Gasteiger charge is -2.13. The van der Waals surface area contributed by atoms with Crippen molar-refractivity contribution in [3.8, 4) is 11.3 Å². The molecular weight excluding hydrogens is 242 g/mol. The number of hydrogen-bond acceptors (Lipinski definition) is 3. The van der Waals surface area contributed by atoms with Crippen LogP contribution in [0.25, 0.3) is 11.3 Å². The number of fused-ring (bicyclic) bond motifs is 1. The van der Waals surface area contributed by atoms with E-state index in [9.17, 15) is 4.79 Å². The highest BCUT2D eigenvalue weighted by Crippen LogP contribution is 2.34. The summed E-state index contributed by atoms with van der Waals surface area (Å²) in [5.41, 5.74) is 9.48. The Morgan fingerprint density at radius 2 is 2.05 bits per heavy atom. The first-order chi connectivity index (χ1) is 9.25. The smallest absolute Gasteiger partial charge is 0.316 e. The van der Waals surface area contributed by atoms with E-state index in [-0.39, 0.29) is 0 Å². The third-order valence-corrected chi connectivity index (χ3v) is 3.08. The number of carbonyl (C=O) groups excluding carboxylic acids is 1. The number of nitrogens with one attached hydrogen (secondary N) is 1. The molecule has 0 saturated heterocycles. The number of carbonyl (C=O) groups is 1. The first-order valence-corrected chi connectivity index (χ1v) is 5.96. The van der Waals surface area contributed by atoms with E-state index in [1.165, 1.54) is 0 Å². The fourth-order valence-electron chi connectivity index (χ4n) is 2.21. The van der Waals surface area contributed by atoms with Gasteiger partial charge in [0, 0.05) is 22.9 Å². The lowest BCUT2D eigenvalue weighted by molar-refractivity contribution is 0.134. The predicted molar refractivity (Wildman–Crippen MR) is 71.4 cm³/mol. The van der Waals surface area contributed by atoms with Crippen LogP contribution in [-0.4, -0.2) is 11.0 Å². The summed E-state index contributed by atoms with van der Waals surface area (Å²) in [7, 11) is 0. The minimum absolute atomic E-state index is 0.466. The van der Waals surface area contributed by atoms with Gasteiger partial charge in [0.2, 0.25) is 0 Å². The molecule has 0 spiro atoms. The number of amides is 2.